The molecule has 1 atom stereocenters. The van der Waals surface area contributed by atoms with Crippen molar-refractivity contribution in [2.75, 3.05) is 10.6 Å². The number of hydrogen-bond acceptors (Lipinski definition) is 3. The van der Waals surface area contributed by atoms with E-state index in [0.717, 1.165) is 24.0 Å². The first-order chi connectivity index (χ1) is 12.3. The summed E-state index contributed by atoms with van der Waals surface area (Å²) >= 11 is 0. The Hall–Kier alpha value is -3.02. The summed E-state index contributed by atoms with van der Waals surface area (Å²) < 4.78 is 0. The summed E-state index contributed by atoms with van der Waals surface area (Å²) in [6, 6.07) is 12.1. The number of anilines is 2. The zero-order chi connectivity index (χ0) is 19.1. The molecule has 4 N–H and O–H groups in total. The molecule has 2 aromatic rings. The number of phenolic OH excluding ortho intramolecular Hbond substituents is 1. The summed E-state index contributed by atoms with van der Waals surface area (Å²) in [6.07, 6.45) is 1.59. The third-order valence-corrected chi connectivity index (χ3v) is 3.99. The summed E-state index contributed by atoms with van der Waals surface area (Å²) in [7, 11) is 0. The second-order valence-electron chi connectivity index (χ2n) is 6.42. The average molecular weight is 355 g/mol. The van der Waals surface area contributed by atoms with Crippen molar-refractivity contribution in [2.24, 2.45) is 0 Å². The number of aryl methyl sites for hydroxylation is 2. The number of amides is 3. The van der Waals surface area contributed by atoms with Crippen LogP contribution in [0.5, 0.6) is 5.75 Å². The second kappa shape index (κ2) is 8.89. The van der Waals surface area contributed by atoms with Crippen LogP contribution in [0, 0.1) is 6.92 Å². The molecule has 2 aromatic carbocycles. The maximum absolute atomic E-state index is 12.2. The Morgan fingerprint density at radius 3 is 2.42 bits per heavy atom. The molecule has 6 nitrogen and oxygen atoms in total. The molecule has 138 valence electrons. The molecular formula is C20H25N3O3. The van der Waals surface area contributed by atoms with E-state index >= 15 is 0 Å². The summed E-state index contributed by atoms with van der Waals surface area (Å²) in [4.78, 5) is 23.4. The highest BCUT2D eigenvalue weighted by Crippen LogP contribution is 2.20. The van der Waals surface area contributed by atoms with Gasteiger partial charge in [0.05, 0.1) is 0 Å². The van der Waals surface area contributed by atoms with Crippen molar-refractivity contribution in [3.05, 3.63) is 53.6 Å². The van der Waals surface area contributed by atoms with E-state index in [-0.39, 0.29) is 23.7 Å². The lowest BCUT2D eigenvalue weighted by molar-refractivity contribution is -0.114. The Morgan fingerprint density at radius 2 is 1.77 bits per heavy atom. The monoisotopic (exact) mass is 355 g/mol. The first-order valence-electron chi connectivity index (χ1n) is 8.57. The van der Waals surface area contributed by atoms with Gasteiger partial charge in [-0.25, -0.2) is 4.79 Å². The minimum absolute atomic E-state index is 0.0101. The fourth-order valence-corrected chi connectivity index (χ4v) is 2.53. The molecule has 0 fully saturated rings. The highest BCUT2D eigenvalue weighted by atomic mass is 16.3. The van der Waals surface area contributed by atoms with Crippen molar-refractivity contribution in [1.82, 2.24) is 5.32 Å². The number of rotatable bonds is 6. The van der Waals surface area contributed by atoms with Gasteiger partial charge in [0.2, 0.25) is 5.91 Å². The number of phenols is 1. The Labute approximate surface area is 153 Å². The van der Waals surface area contributed by atoms with Gasteiger partial charge in [-0.3, -0.25) is 4.79 Å². The van der Waals surface area contributed by atoms with E-state index in [1.54, 1.807) is 24.3 Å². The van der Waals surface area contributed by atoms with Crippen LogP contribution in [-0.2, 0) is 11.2 Å². The summed E-state index contributed by atoms with van der Waals surface area (Å²) in [5.41, 5.74) is 3.32. The van der Waals surface area contributed by atoms with Gasteiger partial charge in [0, 0.05) is 24.3 Å². The molecule has 6 heteroatoms. The van der Waals surface area contributed by atoms with Gasteiger partial charge >= 0.3 is 6.03 Å². The minimum atomic E-state index is -0.291. The van der Waals surface area contributed by atoms with Crippen LogP contribution in [0.15, 0.2) is 42.5 Å². The Bertz CT molecular complexity index is 772. The molecule has 0 aliphatic heterocycles. The molecule has 0 saturated carbocycles. The van der Waals surface area contributed by atoms with Crippen molar-refractivity contribution in [3.63, 3.8) is 0 Å². The molecule has 0 spiro atoms. The smallest absolute Gasteiger partial charge is 0.319 e. The molecule has 0 radical (unpaired) electrons. The zero-order valence-electron chi connectivity index (χ0n) is 15.3. The molecule has 2 rings (SSSR count). The van der Waals surface area contributed by atoms with Crippen LogP contribution in [0.25, 0.3) is 0 Å². The Morgan fingerprint density at radius 1 is 1.08 bits per heavy atom. The molecule has 0 aromatic heterocycles. The second-order valence-corrected chi connectivity index (χ2v) is 6.42. The number of hydrogen-bond donors (Lipinski definition) is 4. The van der Waals surface area contributed by atoms with Crippen LogP contribution >= 0.6 is 0 Å². The number of nitrogens with one attached hydrogen (secondary N) is 3. The number of carbonyl (C=O) groups is 2. The first kappa shape index (κ1) is 19.3. The topological polar surface area (TPSA) is 90.5 Å². The van der Waals surface area contributed by atoms with Gasteiger partial charge in [0.1, 0.15) is 5.75 Å². The van der Waals surface area contributed by atoms with Gasteiger partial charge < -0.3 is 21.1 Å². The van der Waals surface area contributed by atoms with Gasteiger partial charge in [-0.2, -0.15) is 0 Å². The van der Waals surface area contributed by atoms with Crippen molar-refractivity contribution >= 4 is 23.3 Å². The van der Waals surface area contributed by atoms with E-state index in [0.29, 0.717) is 11.4 Å². The van der Waals surface area contributed by atoms with E-state index in [1.807, 2.05) is 32.0 Å². The van der Waals surface area contributed by atoms with Crippen LogP contribution in [0.3, 0.4) is 0 Å². The number of carbonyl (C=O) groups excluding carboxylic acids is 2. The summed E-state index contributed by atoms with van der Waals surface area (Å²) in [6.45, 7) is 5.28. The SMILES string of the molecule is CC(=O)Nc1cc(NC(=O)NC(C)CCc2ccc(O)cc2)ccc1C. The third-order valence-electron chi connectivity index (χ3n) is 3.99. The maximum atomic E-state index is 12.2. The standard InChI is InChI=1S/C20H25N3O3/c1-13-4-9-17(12-19(13)22-15(3)24)23-20(26)21-14(2)5-6-16-7-10-18(25)11-8-16/h4,7-12,14,25H,5-6H2,1-3H3,(H,22,24)(H2,21,23,26). The lowest BCUT2D eigenvalue weighted by atomic mass is 10.1. The molecule has 1 unspecified atom stereocenters. The third kappa shape index (κ3) is 6.12. The number of urea groups is 1. The van der Waals surface area contributed by atoms with Gasteiger partial charge in [-0.15, -0.1) is 0 Å². The molecule has 0 aliphatic carbocycles. The van der Waals surface area contributed by atoms with Gasteiger partial charge in [-0.1, -0.05) is 18.2 Å². The van der Waals surface area contributed by atoms with Crippen LogP contribution in [0.4, 0.5) is 16.2 Å². The van der Waals surface area contributed by atoms with E-state index in [1.165, 1.54) is 6.92 Å². The molecule has 0 heterocycles. The highest BCUT2D eigenvalue weighted by molar-refractivity contribution is 5.93. The molecule has 26 heavy (non-hydrogen) atoms. The van der Waals surface area contributed by atoms with Crippen LogP contribution < -0.4 is 16.0 Å². The van der Waals surface area contributed by atoms with E-state index in [2.05, 4.69) is 16.0 Å². The van der Waals surface area contributed by atoms with E-state index in [4.69, 9.17) is 0 Å². The zero-order valence-corrected chi connectivity index (χ0v) is 15.3. The minimum Gasteiger partial charge on any atom is -0.508 e. The number of aromatic hydroxyl groups is 1. The van der Waals surface area contributed by atoms with Gasteiger partial charge in [0.25, 0.3) is 0 Å². The predicted molar refractivity (Wildman–Crippen MR) is 104 cm³/mol. The predicted octanol–water partition coefficient (Wildman–Crippen LogP) is 3.80. The number of benzene rings is 2. The van der Waals surface area contributed by atoms with Crippen molar-refractivity contribution in [1.29, 1.82) is 0 Å². The van der Waals surface area contributed by atoms with Crippen molar-refractivity contribution < 1.29 is 14.7 Å². The average Bonchev–Trinajstić information content (AvgIpc) is 2.57. The summed E-state index contributed by atoms with van der Waals surface area (Å²) in [5.74, 6) is 0.0913. The summed E-state index contributed by atoms with van der Waals surface area (Å²) in [5, 5.41) is 17.7. The molecule has 0 aliphatic rings. The van der Waals surface area contributed by atoms with E-state index < -0.39 is 0 Å². The van der Waals surface area contributed by atoms with Gasteiger partial charge in [-0.05, 0) is 62.1 Å². The fraction of sp³-hybridized carbons (Fsp3) is 0.300. The lowest BCUT2D eigenvalue weighted by Gasteiger charge is -2.15. The van der Waals surface area contributed by atoms with Gasteiger partial charge in [0.15, 0.2) is 0 Å². The van der Waals surface area contributed by atoms with Crippen molar-refractivity contribution in [2.45, 2.75) is 39.7 Å². The largest absolute Gasteiger partial charge is 0.508 e. The first-order valence-corrected chi connectivity index (χ1v) is 8.57. The molecule has 0 saturated heterocycles. The van der Waals surface area contributed by atoms with Crippen LogP contribution in [0.2, 0.25) is 0 Å². The van der Waals surface area contributed by atoms with Crippen LogP contribution in [-0.4, -0.2) is 23.1 Å². The Kier molecular flexibility index (Phi) is 6.60. The normalized spacial score (nSPS) is 11.5. The lowest BCUT2D eigenvalue weighted by Crippen LogP contribution is -2.36. The quantitative estimate of drug-likeness (QED) is 0.635. The Balaban J connectivity index is 1.85. The maximum Gasteiger partial charge on any atom is 0.319 e. The molecule has 3 amide bonds. The molecular weight excluding hydrogens is 330 g/mol. The van der Waals surface area contributed by atoms with Crippen LogP contribution in [0.1, 0.15) is 31.4 Å². The fourth-order valence-electron chi connectivity index (χ4n) is 2.53. The molecule has 0 bridgehead atoms. The van der Waals surface area contributed by atoms with E-state index in [9.17, 15) is 14.7 Å². The van der Waals surface area contributed by atoms with Crippen molar-refractivity contribution in [3.8, 4) is 5.75 Å². The highest BCUT2D eigenvalue weighted by Gasteiger charge is 2.09.